The summed E-state index contributed by atoms with van der Waals surface area (Å²) in [5.41, 5.74) is 1.82. The molecule has 1 heterocycles. The van der Waals surface area contributed by atoms with E-state index in [1.165, 1.54) is 18.0 Å². The molecule has 0 saturated heterocycles. The SMILES string of the molecule is Cc1cccc(NC(=O)CN(C)C(=O)C[C@H]2Sc3ccc(C(F)(F)F)cc3NC2=O)c1C. The molecule has 1 aliphatic rings. The summed E-state index contributed by atoms with van der Waals surface area (Å²) in [4.78, 5) is 38.9. The molecule has 0 aromatic heterocycles. The van der Waals surface area contributed by atoms with Gasteiger partial charge in [0, 0.05) is 24.1 Å². The number of rotatable bonds is 5. The summed E-state index contributed by atoms with van der Waals surface area (Å²) >= 11 is 1.03. The van der Waals surface area contributed by atoms with Crippen molar-refractivity contribution in [2.24, 2.45) is 0 Å². The zero-order valence-corrected chi connectivity index (χ0v) is 18.5. The van der Waals surface area contributed by atoms with Gasteiger partial charge in [-0.05, 0) is 49.2 Å². The summed E-state index contributed by atoms with van der Waals surface area (Å²) in [5, 5.41) is 4.40. The monoisotopic (exact) mass is 465 g/mol. The molecule has 32 heavy (non-hydrogen) atoms. The van der Waals surface area contributed by atoms with Gasteiger partial charge in [-0.3, -0.25) is 14.4 Å². The lowest BCUT2D eigenvalue weighted by Gasteiger charge is -2.26. The number of carbonyl (C=O) groups excluding carboxylic acids is 3. The molecule has 0 fully saturated rings. The highest BCUT2D eigenvalue weighted by atomic mass is 32.2. The number of hydrogen-bond acceptors (Lipinski definition) is 4. The molecule has 2 aromatic carbocycles. The van der Waals surface area contributed by atoms with Crippen LogP contribution in [0, 0.1) is 13.8 Å². The van der Waals surface area contributed by atoms with E-state index in [4.69, 9.17) is 0 Å². The molecule has 1 atom stereocenters. The van der Waals surface area contributed by atoms with Gasteiger partial charge in [0.2, 0.25) is 17.7 Å². The zero-order valence-electron chi connectivity index (χ0n) is 17.7. The number of halogens is 3. The predicted molar refractivity (Wildman–Crippen MR) is 117 cm³/mol. The molecule has 10 heteroatoms. The average molecular weight is 465 g/mol. The number of thioether (sulfide) groups is 1. The Labute approximate surface area is 187 Å². The van der Waals surface area contributed by atoms with Gasteiger partial charge in [-0.15, -0.1) is 11.8 Å². The Kier molecular flexibility index (Phi) is 6.82. The minimum absolute atomic E-state index is 0.0692. The Morgan fingerprint density at radius 3 is 2.59 bits per heavy atom. The highest BCUT2D eigenvalue weighted by molar-refractivity contribution is 8.01. The van der Waals surface area contributed by atoms with Gasteiger partial charge in [0.15, 0.2) is 0 Å². The Morgan fingerprint density at radius 2 is 1.91 bits per heavy atom. The molecule has 170 valence electrons. The van der Waals surface area contributed by atoms with Crippen molar-refractivity contribution in [2.75, 3.05) is 24.2 Å². The molecule has 0 aliphatic carbocycles. The highest BCUT2D eigenvalue weighted by Crippen LogP contribution is 2.40. The van der Waals surface area contributed by atoms with Crippen LogP contribution in [0.4, 0.5) is 24.5 Å². The fourth-order valence-corrected chi connectivity index (χ4v) is 4.24. The highest BCUT2D eigenvalue weighted by Gasteiger charge is 2.34. The third-order valence-corrected chi connectivity index (χ3v) is 6.45. The van der Waals surface area contributed by atoms with Gasteiger partial charge in [-0.2, -0.15) is 13.2 Å². The number of hydrogen-bond donors (Lipinski definition) is 2. The van der Waals surface area contributed by atoms with E-state index >= 15 is 0 Å². The molecule has 0 radical (unpaired) electrons. The van der Waals surface area contributed by atoms with Crippen LogP contribution in [-0.4, -0.2) is 41.5 Å². The predicted octanol–water partition coefficient (Wildman–Crippen LogP) is 4.22. The van der Waals surface area contributed by atoms with Crippen LogP contribution in [0.2, 0.25) is 0 Å². The number of amides is 3. The molecule has 3 rings (SSSR count). The summed E-state index contributed by atoms with van der Waals surface area (Å²) < 4.78 is 38.6. The Hall–Kier alpha value is -3.01. The Bertz CT molecular complexity index is 1070. The molecule has 0 bridgehead atoms. The smallest absolute Gasteiger partial charge is 0.336 e. The number of anilines is 2. The van der Waals surface area contributed by atoms with Crippen molar-refractivity contribution in [3.63, 3.8) is 0 Å². The van der Waals surface area contributed by atoms with Crippen LogP contribution >= 0.6 is 11.8 Å². The van der Waals surface area contributed by atoms with Crippen LogP contribution in [0.15, 0.2) is 41.3 Å². The average Bonchev–Trinajstić information content (AvgIpc) is 2.70. The second-order valence-corrected chi connectivity index (χ2v) is 8.80. The lowest BCUT2D eigenvalue weighted by Crippen LogP contribution is -2.39. The second-order valence-electron chi connectivity index (χ2n) is 7.55. The van der Waals surface area contributed by atoms with Crippen molar-refractivity contribution in [3.05, 3.63) is 53.1 Å². The lowest BCUT2D eigenvalue weighted by molar-refractivity contribution is -0.137. The van der Waals surface area contributed by atoms with Gasteiger partial charge in [0.1, 0.15) is 0 Å². The molecule has 2 aromatic rings. The summed E-state index contributed by atoms with van der Waals surface area (Å²) in [6.07, 6.45) is -4.71. The van der Waals surface area contributed by atoms with Gasteiger partial charge in [0.05, 0.1) is 23.0 Å². The molecule has 1 aliphatic heterocycles. The molecule has 0 saturated carbocycles. The molecule has 0 unspecified atom stereocenters. The second kappa shape index (κ2) is 9.23. The van der Waals surface area contributed by atoms with Crippen molar-refractivity contribution in [3.8, 4) is 0 Å². The molecule has 0 spiro atoms. The maximum absolute atomic E-state index is 12.9. The zero-order chi connectivity index (χ0) is 23.6. The first-order valence-electron chi connectivity index (χ1n) is 9.74. The fraction of sp³-hybridized carbons (Fsp3) is 0.318. The van der Waals surface area contributed by atoms with E-state index in [2.05, 4.69) is 10.6 Å². The summed E-state index contributed by atoms with van der Waals surface area (Å²) in [5.74, 6) is -1.35. The van der Waals surface area contributed by atoms with Crippen molar-refractivity contribution in [1.82, 2.24) is 4.90 Å². The number of nitrogens with zero attached hydrogens (tertiary/aromatic N) is 1. The van der Waals surface area contributed by atoms with E-state index < -0.39 is 28.8 Å². The molecule has 6 nitrogen and oxygen atoms in total. The molecular weight excluding hydrogens is 443 g/mol. The van der Waals surface area contributed by atoms with Gasteiger partial charge in [-0.25, -0.2) is 0 Å². The van der Waals surface area contributed by atoms with Crippen molar-refractivity contribution in [1.29, 1.82) is 0 Å². The number of benzene rings is 2. The van der Waals surface area contributed by atoms with Crippen LogP contribution in [-0.2, 0) is 20.6 Å². The van der Waals surface area contributed by atoms with E-state index in [1.807, 2.05) is 26.0 Å². The lowest BCUT2D eigenvalue weighted by atomic mass is 10.1. The van der Waals surface area contributed by atoms with Crippen molar-refractivity contribution < 1.29 is 27.6 Å². The number of alkyl halides is 3. The largest absolute Gasteiger partial charge is 0.416 e. The number of nitrogens with one attached hydrogen (secondary N) is 2. The summed E-state index contributed by atoms with van der Waals surface area (Å²) in [6.45, 7) is 3.61. The van der Waals surface area contributed by atoms with Crippen LogP contribution in [0.25, 0.3) is 0 Å². The van der Waals surface area contributed by atoms with Gasteiger partial charge in [0.25, 0.3) is 0 Å². The van der Waals surface area contributed by atoms with Gasteiger partial charge >= 0.3 is 6.18 Å². The van der Waals surface area contributed by atoms with E-state index in [9.17, 15) is 27.6 Å². The van der Waals surface area contributed by atoms with E-state index in [-0.39, 0.29) is 24.6 Å². The summed E-state index contributed by atoms with van der Waals surface area (Å²) in [7, 11) is 1.46. The van der Waals surface area contributed by atoms with E-state index in [1.54, 1.807) is 6.07 Å². The number of fused-ring (bicyclic) bond motifs is 1. The number of likely N-dealkylation sites (N-methyl/N-ethyl adjacent to an activating group) is 1. The quantitative estimate of drug-likeness (QED) is 0.693. The standard InChI is InChI=1S/C22H22F3N3O3S/c1-12-5-4-6-15(13(12)2)26-19(29)11-28(3)20(30)10-18-21(31)27-16-9-14(22(23,24)25)7-8-17(16)32-18/h4-9,18H,10-11H2,1-3H3,(H,26,29)(H,27,31)/t18-/m1/s1. The van der Waals surface area contributed by atoms with Crippen LogP contribution < -0.4 is 10.6 Å². The topological polar surface area (TPSA) is 78.5 Å². The van der Waals surface area contributed by atoms with E-state index in [0.29, 0.717) is 10.6 Å². The van der Waals surface area contributed by atoms with Crippen LogP contribution in [0.3, 0.4) is 0 Å². The maximum Gasteiger partial charge on any atom is 0.416 e. The number of aryl methyl sites for hydroxylation is 1. The molecule has 2 N–H and O–H groups in total. The maximum atomic E-state index is 12.9. The Morgan fingerprint density at radius 1 is 1.19 bits per heavy atom. The first-order valence-corrected chi connectivity index (χ1v) is 10.6. The third kappa shape index (κ3) is 5.42. The normalized spacial score (nSPS) is 15.6. The van der Waals surface area contributed by atoms with Crippen LogP contribution in [0.1, 0.15) is 23.1 Å². The Balaban J connectivity index is 1.60. The fourth-order valence-electron chi connectivity index (χ4n) is 3.16. The summed E-state index contributed by atoms with van der Waals surface area (Å²) in [6, 6.07) is 8.61. The van der Waals surface area contributed by atoms with Crippen molar-refractivity contribution in [2.45, 2.75) is 36.6 Å². The molecule has 3 amide bonds. The first kappa shape index (κ1) is 23.6. The minimum atomic E-state index is -4.52. The van der Waals surface area contributed by atoms with Gasteiger partial charge < -0.3 is 15.5 Å². The van der Waals surface area contributed by atoms with E-state index in [0.717, 1.165) is 35.0 Å². The van der Waals surface area contributed by atoms with Crippen molar-refractivity contribution >= 4 is 40.9 Å². The molecular formula is C22H22F3N3O3S. The first-order chi connectivity index (χ1) is 15.0. The van der Waals surface area contributed by atoms with Gasteiger partial charge in [-0.1, -0.05) is 12.1 Å². The third-order valence-electron chi connectivity index (χ3n) is 5.17. The number of carbonyl (C=O) groups is 3. The van der Waals surface area contributed by atoms with Crippen LogP contribution in [0.5, 0.6) is 0 Å². The minimum Gasteiger partial charge on any atom is -0.336 e.